The number of phenols is 1. The molecule has 4 heteroatoms. The van der Waals surface area contributed by atoms with E-state index in [1.165, 1.54) is 6.07 Å². The Morgan fingerprint density at radius 1 is 1.54 bits per heavy atom. The molecule has 13 heavy (non-hydrogen) atoms. The maximum absolute atomic E-state index is 9.19. The fourth-order valence-corrected chi connectivity index (χ4v) is 1.01. The minimum atomic E-state index is -0.285. The summed E-state index contributed by atoms with van der Waals surface area (Å²) in [6, 6.07) is 6.24. The van der Waals surface area contributed by atoms with Crippen molar-refractivity contribution in [2.45, 2.75) is 6.04 Å². The Balaban J connectivity index is 3.08. The fourth-order valence-electron chi connectivity index (χ4n) is 1.01. The fraction of sp³-hybridized carbons (Fsp3) is 0.222. The summed E-state index contributed by atoms with van der Waals surface area (Å²) >= 11 is 0. The normalized spacial score (nSPS) is 12.1. The molecule has 0 aliphatic rings. The predicted octanol–water partition coefficient (Wildman–Crippen LogP) is 0.222. The lowest BCUT2D eigenvalue weighted by Gasteiger charge is -2.09. The summed E-state index contributed by atoms with van der Waals surface area (Å²) in [4.78, 5) is 0. The van der Waals surface area contributed by atoms with Gasteiger partial charge in [0.2, 0.25) is 0 Å². The van der Waals surface area contributed by atoms with Crippen molar-refractivity contribution in [1.82, 2.24) is 0 Å². The zero-order chi connectivity index (χ0) is 9.84. The van der Waals surface area contributed by atoms with Crippen molar-refractivity contribution < 1.29 is 5.11 Å². The van der Waals surface area contributed by atoms with Gasteiger partial charge in [0, 0.05) is 12.6 Å². The molecule has 0 radical (unpaired) electrons. The first-order valence-electron chi connectivity index (χ1n) is 3.87. The van der Waals surface area contributed by atoms with Crippen LogP contribution >= 0.6 is 0 Å². The molecule has 0 saturated carbocycles. The first kappa shape index (κ1) is 9.52. The number of phenolic OH excluding ortho intramolecular Hbond substituents is 1. The summed E-state index contributed by atoms with van der Waals surface area (Å²) < 4.78 is 0. The topological polar surface area (TPSA) is 96.1 Å². The van der Waals surface area contributed by atoms with Crippen molar-refractivity contribution in [1.29, 1.82) is 5.26 Å². The largest absolute Gasteiger partial charge is 0.507 e. The number of rotatable bonds is 2. The molecule has 68 valence electrons. The van der Waals surface area contributed by atoms with Crippen molar-refractivity contribution in [3.8, 4) is 11.8 Å². The molecule has 1 rings (SSSR count). The van der Waals surface area contributed by atoms with Gasteiger partial charge in [-0.1, -0.05) is 6.07 Å². The Morgan fingerprint density at radius 3 is 2.77 bits per heavy atom. The van der Waals surface area contributed by atoms with Crippen molar-refractivity contribution in [2.75, 3.05) is 6.54 Å². The molecule has 1 atom stereocenters. The van der Waals surface area contributed by atoms with Crippen LogP contribution in [-0.2, 0) is 0 Å². The zero-order valence-electron chi connectivity index (χ0n) is 7.07. The van der Waals surface area contributed by atoms with E-state index >= 15 is 0 Å². The van der Waals surface area contributed by atoms with Crippen molar-refractivity contribution in [3.63, 3.8) is 0 Å². The third-order valence-corrected chi connectivity index (χ3v) is 1.82. The molecule has 0 spiro atoms. The molecule has 0 aliphatic heterocycles. The molecule has 0 aromatic heterocycles. The number of nitrogens with zero attached hydrogens (tertiary/aromatic N) is 1. The van der Waals surface area contributed by atoms with Gasteiger partial charge in [0.1, 0.15) is 11.8 Å². The third-order valence-electron chi connectivity index (χ3n) is 1.82. The van der Waals surface area contributed by atoms with Gasteiger partial charge in [0.15, 0.2) is 0 Å². The van der Waals surface area contributed by atoms with Gasteiger partial charge >= 0.3 is 0 Å². The second kappa shape index (κ2) is 3.90. The molecule has 0 heterocycles. The van der Waals surface area contributed by atoms with Gasteiger partial charge in [-0.3, -0.25) is 0 Å². The van der Waals surface area contributed by atoms with Crippen LogP contribution in [0.2, 0.25) is 0 Å². The van der Waals surface area contributed by atoms with E-state index < -0.39 is 0 Å². The van der Waals surface area contributed by atoms with E-state index in [1.807, 2.05) is 6.07 Å². The van der Waals surface area contributed by atoms with Crippen LogP contribution in [0.25, 0.3) is 0 Å². The number of aromatic hydroxyl groups is 1. The summed E-state index contributed by atoms with van der Waals surface area (Å²) in [6.45, 7) is 0.315. The Kier molecular flexibility index (Phi) is 2.85. The highest BCUT2D eigenvalue weighted by Crippen LogP contribution is 2.19. The Bertz CT molecular complexity index is 343. The van der Waals surface area contributed by atoms with Gasteiger partial charge in [-0.15, -0.1) is 0 Å². The maximum Gasteiger partial charge on any atom is 0.133 e. The Hall–Kier alpha value is -1.57. The molecule has 4 nitrogen and oxygen atoms in total. The molecular formula is C9H11N3O. The van der Waals surface area contributed by atoms with Crippen LogP contribution in [-0.4, -0.2) is 11.7 Å². The quantitative estimate of drug-likeness (QED) is 0.602. The standard InChI is InChI=1S/C9H11N3O/c10-4-7-3-6(8(12)5-11)1-2-9(7)13/h1-3,8,13H,5,11-12H2/t8-/m0/s1. The van der Waals surface area contributed by atoms with Crippen LogP contribution < -0.4 is 11.5 Å². The van der Waals surface area contributed by atoms with E-state index in [1.54, 1.807) is 12.1 Å². The highest BCUT2D eigenvalue weighted by Gasteiger charge is 2.06. The van der Waals surface area contributed by atoms with E-state index in [9.17, 15) is 5.11 Å². The van der Waals surface area contributed by atoms with Crippen LogP contribution in [0.15, 0.2) is 18.2 Å². The minimum Gasteiger partial charge on any atom is -0.507 e. The lowest BCUT2D eigenvalue weighted by Crippen LogP contribution is -2.20. The molecule has 0 fully saturated rings. The summed E-state index contributed by atoms with van der Waals surface area (Å²) in [7, 11) is 0. The van der Waals surface area contributed by atoms with Crippen molar-refractivity contribution >= 4 is 0 Å². The SMILES string of the molecule is N#Cc1cc([C@@H](N)CN)ccc1O. The Morgan fingerprint density at radius 2 is 2.23 bits per heavy atom. The van der Waals surface area contributed by atoms with Crippen molar-refractivity contribution in [2.24, 2.45) is 11.5 Å². The van der Waals surface area contributed by atoms with Gasteiger partial charge in [-0.2, -0.15) is 5.26 Å². The number of benzene rings is 1. The highest BCUT2D eigenvalue weighted by molar-refractivity contribution is 5.45. The van der Waals surface area contributed by atoms with Crippen LogP contribution in [0.1, 0.15) is 17.2 Å². The first-order valence-corrected chi connectivity index (χ1v) is 3.87. The van der Waals surface area contributed by atoms with Crippen molar-refractivity contribution in [3.05, 3.63) is 29.3 Å². The molecule has 1 aromatic rings. The maximum atomic E-state index is 9.19. The third kappa shape index (κ3) is 1.96. The lowest BCUT2D eigenvalue weighted by molar-refractivity contribution is 0.473. The average molecular weight is 177 g/mol. The molecular weight excluding hydrogens is 166 g/mol. The molecule has 0 bridgehead atoms. The Labute approximate surface area is 76.4 Å². The average Bonchev–Trinajstić information content (AvgIpc) is 2.17. The van der Waals surface area contributed by atoms with E-state index in [4.69, 9.17) is 16.7 Å². The molecule has 5 N–H and O–H groups in total. The van der Waals surface area contributed by atoms with Gasteiger partial charge < -0.3 is 16.6 Å². The smallest absolute Gasteiger partial charge is 0.133 e. The van der Waals surface area contributed by atoms with E-state index in [-0.39, 0.29) is 17.4 Å². The summed E-state index contributed by atoms with van der Waals surface area (Å²) in [5.74, 6) is -0.0320. The van der Waals surface area contributed by atoms with Crippen LogP contribution in [0, 0.1) is 11.3 Å². The number of hydrogen-bond acceptors (Lipinski definition) is 4. The molecule has 0 aliphatic carbocycles. The minimum absolute atomic E-state index is 0.0320. The van der Waals surface area contributed by atoms with E-state index in [2.05, 4.69) is 0 Å². The second-order valence-corrected chi connectivity index (χ2v) is 2.73. The van der Waals surface area contributed by atoms with Gasteiger partial charge in [0.25, 0.3) is 0 Å². The lowest BCUT2D eigenvalue weighted by atomic mass is 10.0. The molecule has 0 saturated heterocycles. The van der Waals surface area contributed by atoms with Crippen LogP contribution in [0.3, 0.4) is 0 Å². The first-order chi connectivity index (χ1) is 6.19. The van der Waals surface area contributed by atoms with Gasteiger partial charge in [-0.25, -0.2) is 0 Å². The van der Waals surface area contributed by atoms with Gasteiger partial charge in [0.05, 0.1) is 5.56 Å². The number of nitriles is 1. The van der Waals surface area contributed by atoms with E-state index in [0.29, 0.717) is 6.54 Å². The van der Waals surface area contributed by atoms with Crippen LogP contribution in [0.5, 0.6) is 5.75 Å². The predicted molar refractivity (Wildman–Crippen MR) is 48.8 cm³/mol. The molecule has 1 aromatic carbocycles. The van der Waals surface area contributed by atoms with E-state index in [0.717, 1.165) is 5.56 Å². The number of nitrogens with two attached hydrogens (primary N) is 2. The zero-order valence-corrected chi connectivity index (χ0v) is 7.07. The molecule has 0 amide bonds. The number of hydrogen-bond donors (Lipinski definition) is 3. The summed E-state index contributed by atoms with van der Waals surface area (Å²) in [6.07, 6.45) is 0. The highest BCUT2D eigenvalue weighted by atomic mass is 16.3. The monoisotopic (exact) mass is 177 g/mol. The van der Waals surface area contributed by atoms with Crippen LogP contribution in [0.4, 0.5) is 0 Å². The summed E-state index contributed by atoms with van der Waals surface area (Å²) in [5, 5.41) is 17.8. The second-order valence-electron chi connectivity index (χ2n) is 2.73. The summed E-state index contributed by atoms with van der Waals surface area (Å²) in [5.41, 5.74) is 12.0. The van der Waals surface area contributed by atoms with Gasteiger partial charge in [-0.05, 0) is 17.7 Å². The molecule has 0 unspecified atom stereocenters.